The zero-order chi connectivity index (χ0) is 13.7. The first-order chi connectivity index (χ1) is 9.20. The third-order valence-corrected chi connectivity index (χ3v) is 2.85. The van der Waals surface area contributed by atoms with E-state index in [1.54, 1.807) is 24.5 Å². The van der Waals surface area contributed by atoms with Crippen LogP contribution in [0.4, 0.5) is 0 Å². The molecule has 0 atom stereocenters. The molecule has 0 fully saturated rings. The molecule has 0 aromatic carbocycles. The first-order valence-electron chi connectivity index (χ1n) is 5.94. The van der Waals surface area contributed by atoms with Gasteiger partial charge < -0.3 is 4.74 Å². The summed E-state index contributed by atoms with van der Waals surface area (Å²) in [6.07, 6.45) is 7.21. The van der Waals surface area contributed by atoms with Crippen molar-refractivity contribution in [3.8, 4) is 5.75 Å². The molecular weight excluding hydrogens is 308 g/mol. The van der Waals surface area contributed by atoms with Crippen LogP contribution in [-0.2, 0) is 0 Å². The van der Waals surface area contributed by atoms with E-state index in [4.69, 9.17) is 4.74 Å². The molecule has 2 aromatic rings. The molecule has 0 unspecified atom stereocenters. The minimum absolute atomic E-state index is 0.122. The maximum Gasteiger partial charge on any atom is 0.196 e. The summed E-state index contributed by atoms with van der Waals surface area (Å²) in [5, 5.41) is 0. The van der Waals surface area contributed by atoms with Crippen molar-refractivity contribution >= 4 is 21.7 Å². The Kier molecular flexibility index (Phi) is 4.63. The van der Waals surface area contributed by atoms with Crippen LogP contribution in [0.2, 0.25) is 0 Å². The third-order valence-electron chi connectivity index (χ3n) is 2.42. The highest BCUT2D eigenvalue weighted by molar-refractivity contribution is 9.10. The summed E-state index contributed by atoms with van der Waals surface area (Å²) in [6.45, 7) is 2.63. The molecule has 0 saturated heterocycles. The molecule has 2 heterocycles. The van der Waals surface area contributed by atoms with Crippen LogP contribution in [0.5, 0.6) is 5.75 Å². The van der Waals surface area contributed by atoms with Gasteiger partial charge in [-0.25, -0.2) is 0 Å². The lowest BCUT2D eigenvalue weighted by Crippen LogP contribution is -2.04. The Morgan fingerprint density at radius 1 is 1.16 bits per heavy atom. The Balaban J connectivity index is 2.24. The van der Waals surface area contributed by atoms with Gasteiger partial charge >= 0.3 is 0 Å². The molecule has 0 saturated carbocycles. The lowest BCUT2D eigenvalue weighted by molar-refractivity contribution is 0.103. The Hall–Kier alpha value is -1.75. The molecular formula is C14H13BrN2O2. The van der Waals surface area contributed by atoms with Crippen LogP contribution >= 0.6 is 15.9 Å². The molecule has 4 nitrogen and oxygen atoms in total. The molecule has 0 amide bonds. The molecule has 0 aliphatic heterocycles. The molecule has 19 heavy (non-hydrogen) atoms. The van der Waals surface area contributed by atoms with Crippen LogP contribution in [0.3, 0.4) is 0 Å². The molecule has 0 aliphatic carbocycles. The van der Waals surface area contributed by atoms with Crippen molar-refractivity contribution < 1.29 is 9.53 Å². The summed E-state index contributed by atoms with van der Waals surface area (Å²) in [5.41, 5.74) is 1.01. The van der Waals surface area contributed by atoms with Gasteiger partial charge in [-0.3, -0.25) is 14.8 Å². The fraction of sp³-hybridized carbons (Fsp3) is 0.214. The van der Waals surface area contributed by atoms with E-state index >= 15 is 0 Å². The summed E-state index contributed by atoms with van der Waals surface area (Å²) in [5.74, 6) is 0.485. The number of ketones is 1. The van der Waals surface area contributed by atoms with Gasteiger partial charge in [-0.1, -0.05) is 6.92 Å². The quantitative estimate of drug-likeness (QED) is 0.793. The van der Waals surface area contributed by atoms with E-state index < -0.39 is 0 Å². The van der Waals surface area contributed by atoms with E-state index in [-0.39, 0.29) is 5.78 Å². The lowest BCUT2D eigenvalue weighted by Gasteiger charge is -2.06. The number of carbonyl (C=O) groups is 1. The molecule has 0 spiro atoms. The van der Waals surface area contributed by atoms with Gasteiger partial charge in [-0.2, -0.15) is 0 Å². The van der Waals surface area contributed by atoms with Crippen LogP contribution in [0.25, 0.3) is 0 Å². The number of hydrogen-bond donors (Lipinski definition) is 0. The molecule has 0 radical (unpaired) electrons. The average molecular weight is 321 g/mol. The molecule has 0 bridgehead atoms. The fourth-order valence-corrected chi connectivity index (χ4v) is 1.91. The number of pyridine rings is 2. The molecule has 5 heteroatoms. The normalized spacial score (nSPS) is 10.2. The van der Waals surface area contributed by atoms with Gasteiger partial charge in [-0.05, 0) is 34.5 Å². The van der Waals surface area contributed by atoms with Gasteiger partial charge in [0, 0.05) is 34.2 Å². The Morgan fingerprint density at radius 2 is 1.84 bits per heavy atom. The SMILES string of the molecule is CCCOc1cncc(C(=O)c2cncc(Br)c2)c1. The van der Waals surface area contributed by atoms with Crippen molar-refractivity contribution in [2.75, 3.05) is 6.61 Å². The van der Waals surface area contributed by atoms with E-state index in [2.05, 4.69) is 25.9 Å². The predicted octanol–water partition coefficient (Wildman–Crippen LogP) is 3.26. The summed E-state index contributed by atoms with van der Waals surface area (Å²) < 4.78 is 6.23. The van der Waals surface area contributed by atoms with Crippen molar-refractivity contribution in [2.24, 2.45) is 0 Å². The van der Waals surface area contributed by atoms with Crippen LogP contribution < -0.4 is 4.74 Å². The largest absolute Gasteiger partial charge is 0.492 e. The van der Waals surface area contributed by atoms with Crippen LogP contribution in [0.15, 0.2) is 41.4 Å². The fourth-order valence-electron chi connectivity index (χ4n) is 1.54. The van der Waals surface area contributed by atoms with Gasteiger partial charge in [0.05, 0.1) is 12.8 Å². The maximum atomic E-state index is 12.3. The molecule has 2 rings (SSSR count). The highest BCUT2D eigenvalue weighted by Crippen LogP contribution is 2.17. The second-order valence-corrected chi connectivity index (χ2v) is 4.89. The number of rotatable bonds is 5. The topological polar surface area (TPSA) is 52.1 Å². The Labute approximate surface area is 120 Å². The van der Waals surface area contributed by atoms with Gasteiger partial charge in [0.1, 0.15) is 5.75 Å². The van der Waals surface area contributed by atoms with Crippen LogP contribution in [0.1, 0.15) is 29.3 Å². The second kappa shape index (κ2) is 6.43. The number of carbonyl (C=O) groups excluding carboxylic acids is 1. The Bertz CT molecular complexity index is 587. The third kappa shape index (κ3) is 3.61. The van der Waals surface area contributed by atoms with Crippen molar-refractivity contribution in [3.05, 3.63) is 52.5 Å². The first-order valence-corrected chi connectivity index (χ1v) is 6.73. The van der Waals surface area contributed by atoms with Crippen LogP contribution in [0, 0.1) is 0 Å². The standard InChI is InChI=1S/C14H13BrN2O2/c1-2-3-19-13-5-11(7-17-9-13)14(18)10-4-12(15)8-16-6-10/h4-9H,2-3H2,1H3. The minimum Gasteiger partial charge on any atom is -0.492 e. The highest BCUT2D eigenvalue weighted by atomic mass is 79.9. The zero-order valence-corrected chi connectivity index (χ0v) is 12.1. The molecule has 2 aromatic heterocycles. The number of hydrogen-bond acceptors (Lipinski definition) is 4. The number of nitrogens with zero attached hydrogens (tertiary/aromatic N) is 2. The van der Waals surface area contributed by atoms with E-state index in [9.17, 15) is 4.79 Å². The van der Waals surface area contributed by atoms with E-state index in [0.717, 1.165) is 10.9 Å². The summed E-state index contributed by atoms with van der Waals surface area (Å²) >= 11 is 3.30. The number of aromatic nitrogens is 2. The van der Waals surface area contributed by atoms with E-state index in [1.807, 2.05) is 6.92 Å². The molecule has 98 valence electrons. The smallest absolute Gasteiger partial charge is 0.196 e. The molecule has 0 N–H and O–H groups in total. The van der Waals surface area contributed by atoms with Crippen molar-refractivity contribution in [1.82, 2.24) is 9.97 Å². The zero-order valence-electron chi connectivity index (χ0n) is 10.5. The van der Waals surface area contributed by atoms with Crippen molar-refractivity contribution in [1.29, 1.82) is 0 Å². The van der Waals surface area contributed by atoms with Gasteiger partial charge in [0.15, 0.2) is 5.78 Å². The monoisotopic (exact) mass is 320 g/mol. The summed E-state index contributed by atoms with van der Waals surface area (Å²) in [7, 11) is 0. The number of ether oxygens (including phenoxy) is 1. The van der Waals surface area contributed by atoms with E-state index in [0.29, 0.717) is 23.5 Å². The minimum atomic E-state index is -0.122. The molecule has 0 aliphatic rings. The van der Waals surface area contributed by atoms with Crippen LogP contribution in [-0.4, -0.2) is 22.4 Å². The van der Waals surface area contributed by atoms with Gasteiger partial charge in [0.25, 0.3) is 0 Å². The Morgan fingerprint density at radius 3 is 2.53 bits per heavy atom. The van der Waals surface area contributed by atoms with Gasteiger partial charge in [0.2, 0.25) is 0 Å². The van der Waals surface area contributed by atoms with E-state index in [1.165, 1.54) is 12.4 Å². The summed E-state index contributed by atoms with van der Waals surface area (Å²) in [4.78, 5) is 20.3. The summed E-state index contributed by atoms with van der Waals surface area (Å²) in [6, 6.07) is 3.43. The first kappa shape index (κ1) is 13.7. The van der Waals surface area contributed by atoms with Crippen molar-refractivity contribution in [3.63, 3.8) is 0 Å². The second-order valence-electron chi connectivity index (χ2n) is 3.98. The maximum absolute atomic E-state index is 12.3. The van der Waals surface area contributed by atoms with Gasteiger partial charge in [-0.15, -0.1) is 0 Å². The lowest BCUT2D eigenvalue weighted by atomic mass is 10.1. The average Bonchev–Trinajstić information content (AvgIpc) is 2.44. The number of halogens is 1. The van der Waals surface area contributed by atoms with Crippen molar-refractivity contribution in [2.45, 2.75) is 13.3 Å². The predicted molar refractivity (Wildman–Crippen MR) is 75.4 cm³/mol. The highest BCUT2D eigenvalue weighted by Gasteiger charge is 2.11.